The van der Waals surface area contributed by atoms with Crippen molar-refractivity contribution in [2.45, 2.75) is 39.0 Å². The zero-order valence-corrected chi connectivity index (χ0v) is 14.4. The predicted molar refractivity (Wildman–Crippen MR) is 94.8 cm³/mol. The smallest absolute Gasteiger partial charge is 0.257 e. The molecule has 2 N–H and O–H groups in total. The molecule has 0 saturated carbocycles. The maximum Gasteiger partial charge on any atom is 0.257 e. The third-order valence-electron chi connectivity index (χ3n) is 3.58. The number of thiocarbonyl (C=S) groups is 1. The molecule has 1 aromatic rings. The number of carbonyl (C=O) groups excluding carboxylic acids is 1. The first kappa shape index (κ1) is 17.3. The first-order valence-corrected chi connectivity index (χ1v) is 7.97. The summed E-state index contributed by atoms with van der Waals surface area (Å²) in [5.41, 5.74) is 2.00. The highest BCUT2D eigenvalue weighted by Gasteiger charge is 2.15. The standard InChI is InChI=1S/C18H21FN2OS/c1-18(2,3)13-10-8-12(9-11-13)16(22)21-17(23)20-15-7-5-4-6-14(15)19/h6-11H,4-5H2,1-3H3,(H2,20,21,22,23). The highest BCUT2D eigenvalue weighted by Crippen LogP contribution is 2.22. The second-order valence-corrected chi connectivity index (χ2v) is 6.89. The Balaban J connectivity index is 1.97. The Morgan fingerprint density at radius 2 is 1.74 bits per heavy atom. The van der Waals surface area contributed by atoms with E-state index in [1.54, 1.807) is 18.2 Å². The fourth-order valence-corrected chi connectivity index (χ4v) is 2.41. The number of amides is 1. The monoisotopic (exact) mass is 332 g/mol. The summed E-state index contributed by atoms with van der Waals surface area (Å²) < 4.78 is 13.6. The van der Waals surface area contributed by atoms with Crippen LogP contribution < -0.4 is 10.6 Å². The van der Waals surface area contributed by atoms with Crippen LogP contribution in [0.15, 0.2) is 47.9 Å². The third-order valence-corrected chi connectivity index (χ3v) is 3.79. The van der Waals surface area contributed by atoms with Gasteiger partial charge >= 0.3 is 0 Å². The molecule has 0 spiro atoms. The number of hydrogen-bond donors (Lipinski definition) is 2. The molecule has 1 amide bonds. The van der Waals surface area contributed by atoms with Crippen LogP contribution in [0.3, 0.4) is 0 Å². The lowest BCUT2D eigenvalue weighted by atomic mass is 9.87. The van der Waals surface area contributed by atoms with Gasteiger partial charge in [0.25, 0.3) is 5.91 Å². The van der Waals surface area contributed by atoms with Crippen molar-refractivity contribution in [3.05, 3.63) is 59.1 Å². The Bertz CT molecular complexity index is 669. The van der Waals surface area contributed by atoms with E-state index in [0.29, 0.717) is 17.7 Å². The number of carbonyl (C=O) groups is 1. The Labute approximate surface area is 141 Å². The highest BCUT2D eigenvalue weighted by molar-refractivity contribution is 7.80. The third kappa shape index (κ3) is 4.73. The molecule has 23 heavy (non-hydrogen) atoms. The molecule has 3 nitrogen and oxygen atoms in total. The van der Waals surface area contributed by atoms with E-state index in [1.807, 2.05) is 12.1 Å². The van der Waals surface area contributed by atoms with Gasteiger partial charge < -0.3 is 5.32 Å². The molecule has 1 aliphatic rings. The summed E-state index contributed by atoms with van der Waals surface area (Å²) >= 11 is 5.07. The van der Waals surface area contributed by atoms with Crippen molar-refractivity contribution in [3.63, 3.8) is 0 Å². The molecule has 0 aromatic heterocycles. The van der Waals surface area contributed by atoms with E-state index in [9.17, 15) is 9.18 Å². The molecule has 2 rings (SSSR count). The maximum absolute atomic E-state index is 13.6. The van der Waals surface area contributed by atoms with Gasteiger partial charge in [0.15, 0.2) is 5.11 Å². The van der Waals surface area contributed by atoms with Gasteiger partial charge in [0.05, 0.1) is 5.70 Å². The first-order valence-electron chi connectivity index (χ1n) is 7.56. The summed E-state index contributed by atoms with van der Waals surface area (Å²) in [7, 11) is 0. The molecule has 0 fully saturated rings. The van der Waals surface area contributed by atoms with Crippen molar-refractivity contribution in [2.75, 3.05) is 0 Å². The lowest BCUT2D eigenvalue weighted by Gasteiger charge is -2.19. The van der Waals surface area contributed by atoms with Gasteiger partial charge in [-0.3, -0.25) is 10.1 Å². The second-order valence-electron chi connectivity index (χ2n) is 6.48. The van der Waals surface area contributed by atoms with Crippen molar-refractivity contribution in [1.82, 2.24) is 10.6 Å². The molecule has 5 heteroatoms. The number of halogens is 1. The summed E-state index contributed by atoms with van der Waals surface area (Å²) in [4.78, 5) is 12.2. The molecule has 0 aliphatic heterocycles. The number of hydrogen-bond acceptors (Lipinski definition) is 2. The van der Waals surface area contributed by atoms with Gasteiger partial charge in [-0.25, -0.2) is 4.39 Å². The van der Waals surface area contributed by atoms with Gasteiger partial charge in [-0.15, -0.1) is 0 Å². The average molecular weight is 332 g/mol. The van der Waals surface area contributed by atoms with Crippen LogP contribution >= 0.6 is 12.2 Å². The summed E-state index contributed by atoms with van der Waals surface area (Å²) in [6, 6.07) is 7.38. The first-order chi connectivity index (χ1) is 10.8. The van der Waals surface area contributed by atoms with Gasteiger partial charge in [-0.2, -0.15) is 0 Å². The van der Waals surface area contributed by atoms with Crippen LogP contribution in [-0.4, -0.2) is 11.0 Å². The lowest BCUT2D eigenvalue weighted by molar-refractivity contribution is 0.0977. The second kappa shape index (κ2) is 7.04. The minimum Gasteiger partial charge on any atom is -0.330 e. The number of nitrogens with one attached hydrogen (secondary N) is 2. The van der Waals surface area contributed by atoms with Gasteiger partial charge in [0, 0.05) is 5.56 Å². The summed E-state index contributed by atoms with van der Waals surface area (Å²) in [5, 5.41) is 5.38. The predicted octanol–water partition coefficient (Wildman–Crippen LogP) is 4.12. The molecule has 122 valence electrons. The SMILES string of the molecule is CC(C)(C)c1ccc(C(=O)NC(=S)NC2=CCCC=C2F)cc1. The summed E-state index contributed by atoms with van der Waals surface area (Å²) in [6.07, 6.45) is 4.65. The van der Waals surface area contributed by atoms with Crippen LogP contribution in [0.4, 0.5) is 4.39 Å². The maximum atomic E-state index is 13.6. The van der Waals surface area contributed by atoms with Gasteiger partial charge in [0.1, 0.15) is 5.83 Å². The van der Waals surface area contributed by atoms with E-state index >= 15 is 0 Å². The van der Waals surface area contributed by atoms with Crippen molar-refractivity contribution in [2.24, 2.45) is 0 Å². The Morgan fingerprint density at radius 1 is 1.13 bits per heavy atom. The molecule has 0 atom stereocenters. The van der Waals surface area contributed by atoms with E-state index in [4.69, 9.17) is 12.2 Å². The molecule has 1 aliphatic carbocycles. The van der Waals surface area contributed by atoms with Crippen LogP contribution in [0, 0.1) is 0 Å². The highest BCUT2D eigenvalue weighted by atomic mass is 32.1. The summed E-state index contributed by atoms with van der Waals surface area (Å²) in [5.74, 6) is -0.661. The van der Waals surface area contributed by atoms with Gasteiger partial charge in [-0.05, 0) is 54.2 Å². The molecule has 0 bridgehead atoms. The van der Waals surface area contributed by atoms with Crippen molar-refractivity contribution >= 4 is 23.2 Å². The van der Waals surface area contributed by atoms with Gasteiger partial charge in [0.2, 0.25) is 0 Å². The Morgan fingerprint density at radius 3 is 2.30 bits per heavy atom. The van der Waals surface area contributed by atoms with E-state index in [1.165, 1.54) is 6.08 Å². The largest absolute Gasteiger partial charge is 0.330 e. The van der Waals surface area contributed by atoms with Crippen molar-refractivity contribution < 1.29 is 9.18 Å². The molecular formula is C18H21FN2OS. The zero-order valence-electron chi connectivity index (χ0n) is 13.6. The fraction of sp³-hybridized carbons (Fsp3) is 0.333. The quantitative estimate of drug-likeness (QED) is 0.801. The Kier molecular flexibility index (Phi) is 5.31. The zero-order chi connectivity index (χ0) is 17.0. The van der Waals surface area contributed by atoms with Crippen LogP contribution in [-0.2, 0) is 5.41 Å². The van der Waals surface area contributed by atoms with E-state index in [0.717, 1.165) is 12.0 Å². The number of benzene rings is 1. The van der Waals surface area contributed by atoms with Crippen LogP contribution in [0.5, 0.6) is 0 Å². The molecule has 0 heterocycles. The number of allylic oxidation sites excluding steroid dienone is 3. The van der Waals surface area contributed by atoms with E-state index in [-0.39, 0.29) is 22.3 Å². The Hall–Kier alpha value is -2.01. The lowest BCUT2D eigenvalue weighted by Crippen LogP contribution is -2.39. The molecule has 0 saturated heterocycles. The minimum absolute atomic E-state index is 0.0309. The van der Waals surface area contributed by atoms with Crippen molar-refractivity contribution in [1.29, 1.82) is 0 Å². The molecule has 0 unspecified atom stereocenters. The summed E-state index contributed by atoms with van der Waals surface area (Å²) in [6.45, 7) is 6.34. The average Bonchev–Trinajstić information content (AvgIpc) is 2.49. The van der Waals surface area contributed by atoms with Gasteiger partial charge in [-0.1, -0.05) is 39.0 Å². The van der Waals surface area contributed by atoms with E-state index in [2.05, 4.69) is 31.4 Å². The minimum atomic E-state index is -0.345. The fourth-order valence-electron chi connectivity index (χ4n) is 2.21. The van der Waals surface area contributed by atoms with Crippen LogP contribution in [0.25, 0.3) is 0 Å². The van der Waals surface area contributed by atoms with Crippen LogP contribution in [0.1, 0.15) is 49.5 Å². The van der Waals surface area contributed by atoms with E-state index < -0.39 is 0 Å². The van der Waals surface area contributed by atoms with Crippen molar-refractivity contribution in [3.8, 4) is 0 Å². The number of rotatable bonds is 2. The molecule has 1 aromatic carbocycles. The normalized spacial score (nSPS) is 14.6. The molecule has 0 radical (unpaired) electrons. The topological polar surface area (TPSA) is 41.1 Å². The molecular weight excluding hydrogens is 311 g/mol. The van der Waals surface area contributed by atoms with Crippen LogP contribution in [0.2, 0.25) is 0 Å².